The molecule has 0 fully saturated rings. The zero-order chi connectivity index (χ0) is 22.0. The molecule has 3 aromatic carbocycles. The Morgan fingerprint density at radius 2 is 1.74 bits per heavy atom. The first kappa shape index (κ1) is 20.7. The summed E-state index contributed by atoms with van der Waals surface area (Å²) in [6.07, 6.45) is 0.350. The third-order valence-corrected chi connectivity index (χ3v) is 6.21. The average Bonchev–Trinajstić information content (AvgIpc) is 2.88. The molecule has 31 heavy (non-hydrogen) atoms. The fourth-order valence-corrected chi connectivity index (χ4v) is 4.37. The van der Waals surface area contributed by atoms with Gasteiger partial charge in [0.1, 0.15) is 11.5 Å². The van der Waals surface area contributed by atoms with Gasteiger partial charge < -0.3 is 14.8 Å². The fourth-order valence-electron chi connectivity index (χ4n) is 3.27. The van der Waals surface area contributed by atoms with Crippen LogP contribution in [0, 0.1) is 6.92 Å². The van der Waals surface area contributed by atoms with Gasteiger partial charge in [-0.15, -0.1) is 0 Å². The van der Waals surface area contributed by atoms with E-state index in [1.807, 2.05) is 31.2 Å². The van der Waals surface area contributed by atoms with Crippen LogP contribution in [0.2, 0.25) is 0 Å². The number of fused-ring (bicyclic) bond motifs is 2. The molecule has 0 atom stereocenters. The molecule has 0 saturated carbocycles. The lowest BCUT2D eigenvalue weighted by molar-refractivity contribution is 0.102. The Balaban J connectivity index is 1.49. The van der Waals surface area contributed by atoms with Crippen molar-refractivity contribution in [3.63, 3.8) is 0 Å². The molecule has 0 bridgehead atoms. The van der Waals surface area contributed by atoms with Crippen LogP contribution in [0.15, 0.2) is 60.7 Å². The number of ether oxygens (including phenoxy) is 2. The van der Waals surface area contributed by atoms with E-state index in [0.29, 0.717) is 35.0 Å². The lowest BCUT2D eigenvalue weighted by atomic mass is 10.1. The highest BCUT2D eigenvalue weighted by Crippen LogP contribution is 2.37. The van der Waals surface area contributed by atoms with E-state index in [0.717, 1.165) is 11.1 Å². The number of nitrogens with one attached hydrogen (secondary N) is 2. The van der Waals surface area contributed by atoms with Gasteiger partial charge in [0.05, 0.1) is 24.1 Å². The van der Waals surface area contributed by atoms with E-state index < -0.39 is 10.0 Å². The van der Waals surface area contributed by atoms with Crippen molar-refractivity contribution in [2.75, 3.05) is 22.9 Å². The van der Waals surface area contributed by atoms with Crippen molar-refractivity contribution in [2.24, 2.45) is 0 Å². The number of hydrogen-bond donors (Lipinski definition) is 2. The third-order valence-electron chi connectivity index (χ3n) is 4.92. The third kappa shape index (κ3) is 4.80. The Hall–Kier alpha value is -3.52. The summed E-state index contributed by atoms with van der Waals surface area (Å²) in [4.78, 5) is 12.7. The number of amides is 1. The molecule has 1 heterocycles. The van der Waals surface area contributed by atoms with Crippen molar-refractivity contribution in [1.29, 1.82) is 0 Å². The maximum atomic E-state index is 12.7. The largest absolute Gasteiger partial charge is 0.497 e. The summed E-state index contributed by atoms with van der Waals surface area (Å²) in [5, 5.41) is 2.81. The molecule has 0 saturated heterocycles. The Kier molecular flexibility index (Phi) is 5.56. The van der Waals surface area contributed by atoms with Gasteiger partial charge in [0.2, 0.25) is 10.0 Å². The zero-order valence-corrected chi connectivity index (χ0v) is 18.0. The van der Waals surface area contributed by atoms with Crippen molar-refractivity contribution in [1.82, 2.24) is 0 Å². The highest BCUT2D eigenvalue weighted by atomic mass is 32.2. The highest BCUT2D eigenvalue weighted by molar-refractivity contribution is 7.92. The molecule has 1 aliphatic rings. The minimum Gasteiger partial charge on any atom is -0.497 e. The molecule has 2 N–H and O–H groups in total. The maximum Gasteiger partial charge on any atom is 0.259 e. The zero-order valence-electron chi connectivity index (χ0n) is 17.1. The molecule has 0 radical (unpaired) electrons. The van der Waals surface area contributed by atoms with E-state index in [2.05, 4.69) is 10.0 Å². The van der Waals surface area contributed by atoms with Crippen LogP contribution >= 0.6 is 0 Å². The molecular formula is C23H22N2O5S. The predicted molar refractivity (Wildman–Crippen MR) is 120 cm³/mol. The van der Waals surface area contributed by atoms with Crippen LogP contribution in [0.1, 0.15) is 21.5 Å². The number of sulfonamides is 1. The summed E-state index contributed by atoms with van der Waals surface area (Å²) < 4.78 is 38.6. The van der Waals surface area contributed by atoms with Gasteiger partial charge in [-0.05, 0) is 66.9 Å². The molecule has 160 valence electrons. The van der Waals surface area contributed by atoms with E-state index >= 15 is 0 Å². The van der Waals surface area contributed by atoms with E-state index in [9.17, 15) is 13.2 Å². The maximum absolute atomic E-state index is 12.7. The summed E-state index contributed by atoms with van der Waals surface area (Å²) in [7, 11) is -2.04. The molecule has 0 spiro atoms. The Morgan fingerprint density at radius 3 is 2.48 bits per heavy atom. The van der Waals surface area contributed by atoms with Gasteiger partial charge in [-0.25, -0.2) is 8.42 Å². The molecule has 3 aromatic rings. The van der Waals surface area contributed by atoms with Gasteiger partial charge >= 0.3 is 0 Å². The number of benzene rings is 3. The summed E-state index contributed by atoms with van der Waals surface area (Å²) in [6, 6.07) is 17.4. The van der Waals surface area contributed by atoms with Crippen LogP contribution in [0.25, 0.3) is 0 Å². The fraction of sp³-hybridized carbons (Fsp3) is 0.174. The molecule has 8 heteroatoms. The number of methoxy groups -OCH3 is 1. The molecule has 1 aliphatic heterocycles. The van der Waals surface area contributed by atoms with Crippen molar-refractivity contribution >= 4 is 27.3 Å². The smallest absolute Gasteiger partial charge is 0.259 e. The minimum atomic E-state index is -3.61. The van der Waals surface area contributed by atoms with Crippen LogP contribution in [0.3, 0.4) is 0 Å². The lowest BCUT2D eigenvalue weighted by Crippen LogP contribution is -2.19. The van der Waals surface area contributed by atoms with Gasteiger partial charge in [0.15, 0.2) is 5.75 Å². The number of carbonyl (C=O) groups is 1. The van der Waals surface area contributed by atoms with Gasteiger partial charge in [0, 0.05) is 5.69 Å². The summed E-state index contributed by atoms with van der Waals surface area (Å²) in [6.45, 7) is 1.92. The number of hydrogen-bond acceptors (Lipinski definition) is 5. The van der Waals surface area contributed by atoms with Gasteiger partial charge in [0.25, 0.3) is 5.91 Å². The number of rotatable bonds is 6. The monoisotopic (exact) mass is 438 g/mol. The van der Waals surface area contributed by atoms with Gasteiger partial charge in [-0.3, -0.25) is 9.52 Å². The number of carbonyl (C=O) groups excluding carboxylic acids is 1. The molecule has 0 aromatic heterocycles. The van der Waals surface area contributed by atoms with Crippen molar-refractivity contribution in [3.05, 3.63) is 77.4 Å². The molecule has 4 rings (SSSR count). The summed E-state index contributed by atoms with van der Waals surface area (Å²) >= 11 is 0. The summed E-state index contributed by atoms with van der Waals surface area (Å²) in [5.74, 6) is 1.15. The number of aryl methyl sites for hydroxylation is 2. The first-order chi connectivity index (χ1) is 14.8. The average molecular weight is 439 g/mol. The predicted octanol–water partition coefficient (Wildman–Crippen LogP) is 4.35. The standard InChI is InChI=1S/C23H22N2O5S/c1-15-3-9-22-20(13-15)24-23(26)19-14-17(6-10-21(19)30-22)25-31(27,28)12-11-16-4-7-18(29-2)8-5-16/h3-10,13-14,25H,11-12H2,1-2H3,(H,24,26). The van der Waals surface area contributed by atoms with E-state index in [1.165, 1.54) is 6.07 Å². The Bertz CT molecular complexity index is 1240. The van der Waals surface area contributed by atoms with E-state index in [1.54, 1.807) is 37.4 Å². The number of anilines is 2. The topological polar surface area (TPSA) is 93.7 Å². The first-order valence-electron chi connectivity index (χ1n) is 9.70. The van der Waals surface area contributed by atoms with Gasteiger partial charge in [-0.2, -0.15) is 0 Å². The highest BCUT2D eigenvalue weighted by Gasteiger charge is 2.22. The normalized spacial score (nSPS) is 12.6. The van der Waals surface area contributed by atoms with Gasteiger partial charge in [-0.1, -0.05) is 18.2 Å². The molecular weight excluding hydrogens is 416 g/mol. The van der Waals surface area contributed by atoms with Crippen LogP contribution < -0.4 is 19.5 Å². The van der Waals surface area contributed by atoms with Crippen LogP contribution in [-0.2, 0) is 16.4 Å². The van der Waals surface area contributed by atoms with Crippen LogP contribution in [0.5, 0.6) is 17.2 Å². The quantitative estimate of drug-likeness (QED) is 0.597. The minimum absolute atomic E-state index is 0.0934. The van der Waals surface area contributed by atoms with Crippen LogP contribution in [-0.4, -0.2) is 27.2 Å². The van der Waals surface area contributed by atoms with Crippen LogP contribution in [0.4, 0.5) is 11.4 Å². The molecule has 0 unspecified atom stereocenters. The van der Waals surface area contributed by atoms with Crippen molar-refractivity contribution in [2.45, 2.75) is 13.3 Å². The van der Waals surface area contributed by atoms with Crippen molar-refractivity contribution < 1.29 is 22.7 Å². The second-order valence-corrected chi connectivity index (χ2v) is 9.13. The van der Waals surface area contributed by atoms with E-state index in [4.69, 9.17) is 9.47 Å². The van der Waals surface area contributed by atoms with Crippen molar-refractivity contribution in [3.8, 4) is 17.2 Å². The molecule has 0 aliphatic carbocycles. The molecule has 7 nitrogen and oxygen atoms in total. The Morgan fingerprint density at radius 1 is 1.00 bits per heavy atom. The second kappa shape index (κ2) is 8.31. The first-order valence-corrected chi connectivity index (χ1v) is 11.4. The summed E-state index contributed by atoms with van der Waals surface area (Å²) in [5.41, 5.74) is 2.99. The second-order valence-electron chi connectivity index (χ2n) is 7.29. The SMILES string of the molecule is COc1ccc(CCS(=O)(=O)Nc2ccc3c(c2)C(=O)Nc2cc(C)ccc2O3)cc1. The van der Waals surface area contributed by atoms with E-state index in [-0.39, 0.29) is 17.2 Å². The lowest BCUT2D eigenvalue weighted by Gasteiger charge is -2.11. The Labute approximate surface area is 181 Å². The molecule has 1 amide bonds.